The molecule has 0 atom stereocenters. The molecule has 0 aliphatic rings. The lowest BCUT2D eigenvalue weighted by atomic mass is 10.0. The first-order chi connectivity index (χ1) is 9.54. The van der Waals surface area contributed by atoms with E-state index in [1.54, 1.807) is 17.7 Å². The predicted molar refractivity (Wildman–Crippen MR) is 81.9 cm³/mol. The van der Waals surface area contributed by atoms with E-state index in [2.05, 4.69) is 26.0 Å². The van der Waals surface area contributed by atoms with Gasteiger partial charge in [-0.2, -0.15) is 0 Å². The van der Waals surface area contributed by atoms with E-state index in [4.69, 9.17) is 10.5 Å². The number of hydrogen-bond donors (Lipinski definition) is 1. The van der Waals surface area contributed by atoms with Gasteiger partial charge in [-0.1, -0.05) is 12.1 Å². The van der Waals surface area contributed by atoms with Crippen molar-refractivity contribution in [3.05, 3.63) is 51.8 Å². The number of hydrogen-bond acceptors (Lipinski definition) is 3. The average molecular weight is 272 g/mol. The number of methoxy groups -OCH3 is 1. The standard InChI is InChI=1S/C16H20N2O2/c1-11-4-5-13(10-12(11)2)15-7-6-14(17)16(19)18(15)8-9-20-3/h4-7,10H,8-9,17H2,1-3H3. The molecule has 4 nitrogen and oxygen atoms in total. The van der Waals surface area contributed by atoms with E-state index in [-0.39, 0.29) is 11.2 Å². The van der Waals surface area contributed by atoms with Gasteiger partial charge >= 0.3 is 0 Å². The van der Waals surface area contributed by atoms with Gasteiger partial charge in [0.15, 0.2) is 0 Å². The molecule has 0 spiro atoms. The van der Waals surface area contributed by atoms with Crippen molar-refractivity contribution in [1.29, 1.82) is 0 Å². The molecule has 106 valence electrons. The Hall–Kier alpha value is -2.07. The minimum Gasteiger partial charge on any atom is -0.394 e. The van der Waals surface area contributed by atoms with Crippen LogP contribution in [0.25, 0.3) is 11.3 Å². The fraction of sp³-hybridized carbons (Fsp3) is 0.312. The van der Waals surface area contributed by atoms with E-state index in [0.717, 1.165) is 11.3 Å². The number of nitrogen functional groups attached to an aromatic ring is 1. The van der Waals surface area contributed by atoms with Gasteiger partial charge in [-0.25, -0.2) is 0 Å². The molecule has 1 heterocycles. The summed E-state index contributed by atoms with van der Waals surface area (Å²) in [7, 11) is 1.62. The Balaban J connectivity index is 2.57. The number of ether oxygens (including phenoxy) is 1. The Labute approximate surface area is 118 Å². The monoisotopic (exact) mass is 272 g/mol. The topological polar surface area (TPSA) is 57.2 Å². The van der Waals surface area contributed by atoms with Crippen LogP contribution in [-0.4, -0.2) is 18.3 Å². The van der Waals surface area contributed by atoms with Crippen molar-refractivity contribution in [3.63, 3.8) is 0 Å². The molecule has 0 bridgehead atoms. The summed E-state index contributed by atoms with van der Waals surface area (Å²) in [5.74, 6) is 0. The lowest BCUT2D eigenvalue weighted by Crippen LogP contribution is -2.25. The fourth-order valence-electron chi connectivity index (χ4n) is 2.15. The first kappa shape index (κ1) is 14.3. The largest absolute Gasteiger partial charge is 0.394 e. The summed E-state index contributed by atoms with van der Waals surface area (Å²) in [5.41, 5.74) is 10.1. The van der Waals surface area contributed by atoms with Crippen LogP contribution in [-0.2, 0) is 11.3 Å². The molecular weight excluding hydrogens is 252 g/mol. The Morgan fingerprint density at radius 1 is 1.15 bits per heavy atom. The van der Waals surface area contributed by atoms with Crippen molar-refractivity contribution >= 4 is 5.69 Å². The van der Waals surface area contributed by atoms with Gasteiger partial charge in [0.1, 0.15) is 0 Å². The van der Waals surface area contributed by atoms with Crippen LogP contribution in [0.15, 0.2) is 35.1 Å². The van der Waals surface area contributed by atoms with Gasteiger partial charge in [0.05, 0.1) is 18.0 Å². The summed E-state index contributed by atoms with van der Waals surface area (Å²) < 4.78 is 6.74. The third kappa shape index (κ3) is 2.75. The number of nitrogens with zero attached hydrogens (tertiary/aromatic N) is 1. The number of aryl methyl sites for hydroxylation is 2. The zero-order valence-corrected chi connectivity index (χ0v) is 12.1. The van der Waals surface area contributed by atoms with E-state index in [1.165, 1.54) is 11.1 Å². The van der Waals surface area contributed by atoms with E-state index < -0.39 is 0 Å². The van der Waals surface area contributed by atoms with Gasteiger partial charge in [0, 0.05) is 13.7 Å². The molecule has 2 rings (SSSR count). The van der Waals surface area contributed by atoms with E-state index >= 15 is 0 Å². The van der Waals surface area contributed by atoms with Crippen molar-refractivity contribution < 1.29 is 4.74 Å². The molecule has 0 unspecified atom stereocenters. The molecule has 0 saturated carbocycles. The summed E-state index contributed by atoms with van der Waals surface area (Å²) in [6.07, 6.45) is 0. The van der Waals surface area contributed by atoms with Gasteiger partial charge in [-0.05, 0) is 48.7 Å². The molecular formula is C16H20N2O2. The average Bonchev–Trinajstić information content (AvgIpc) is 2.43. The molecule has 1 aromatic carbocycles. The van der Waals surface area contributed by atoms with Crippen LogP contribution in [0.4, 0.5) is 5.69 Å². The maximum atomic E-state index is 12.2. The number of rotatable bonds is 4. The summed E-state index contributed by atoms with van der Waals surface area (Å²) in [6.45, 7) is 5.09. The molecule has 0 aliphatic carbocycles. The lowest BCUT2D eigenvalue weighted by Gasteiger charge is -2.14. The second-order valence-corrected chi connectivity index (χ2v) is 4.92. The van der Waals surface area contributed by atoms with Crippen LogP contribution < -0.4 is 11.3 Å². The molecule has 2 N–H and O–H groups in total. The molecule has 0 fully saturated rings. The van der Waals surface area contributed by atoms with Crippen molar-refractivity contribution in [2.45, 2.75) is 20.4 Å². The molecule has 0 radical (unpaired) electrons. The van der Waals surface area contributed by atoms with E-state index in [1.807, 2.05) is 12.1 Å². The Morgan fingerprint density at radius 2 is 1.90 bits per heavy atom. The van der Waals surface area contributed by atoms with Gasteiger partial charge in [0.25, 0.3) is 5.56 Å². The molecule has 20 heavy (non-hydrogen) atoms. The van der Waals surface area contributed by atoms with Crippen LogP contribution in [0.3, 0.4) is 0 Å². The summed E-state index contributed by atoms with van der Waals surface area (Å²) in [4.78, 5) is 12.2. The summed E-state index contributed by atoms with van der Waals surface area (Å²) in [6, 6.07) is 9.72. The smallest absolute Gasteiger partial charge is 0.274 e. The van der Waals surface area contributed by atoms with Crippen molar-refractivity contribution in [2.75, 3.05) is 19.5 Å². The van der Waals surface area contributed by atoms with Crippen LogP contribution in [0.5, 0.6) is 0 Å². The molecule has 2 aromatic rings. The third-order valence-corrected chi connectivity index (χ3v) is 3.53. The minimum atomic E-state index is -0.169. The molecule has 0 aliphatic heterocycles. The third-order valence-electron chi connectivity index (χ3n) is 3.53. The van der Waals surface area contributed by atoms with Gasteiger partial charge in [-0.3, -0.25) is 4.79 Å². The highest BCUT2D eigenvalue weighted by Crippen LogP contribution is 2.21. The molecule has 0 saturated heterocycles. The normalized spacial score (nSPS) is 10.8. The Kier molecular flexibility index (Phi) is 4.25. The molecule has 4 heteroatoms. The van der Waals surface area contributed by atoms with Crippen LogP contribution in [0.1, 0.15) is 11.1 Å². The number of nitrogens with two attached hydrogens (primary N) is 1. The summed E-state index contributed by atoms with van der Waals surface area (Å²) in [5, 5.41) is 0. The van der Waals surface area contributed by atoms with E-state index in [0.29, 0.717) is 13.2 Å². The van der Waals surface area contributed by atoms with Crippen LogP contribution in [0.2, 0.25) is 0 Å². The van der Waals surface area contributed by atoms with E-state index in [9.17, 15) is 4.79 Å². The first-order valence-corrected chi connectivity index (χ1v) is 6.60. The highest BCUT2D eigenvalue weighted by molar-refractivity contribution is 5.63. The molecule has 1 aromatic heterocycles. The summed E-state index contributed by atoms with van der Waals surface area (Å²) >= 11 is 0. The highest BCUT2D eigenvalue weighted by Gasteiger charge is 2.09. The fourth-order valence-corrected chi connectivity index (χ4v) is 2.15. The zero-order chi connectivity index (χ0) is 14.7. The van der Waals surface area contributed by atoms with Crippen molar-refractivity contribution in [1.82, 2.24) is 4.57 Å². The minimum absolute atomic E-state index is 0.169. The maximum Gasteiger partial charge on any atom is 0.274 e. The number of anilines is 1. The SMILES string of the molecule is COCCn1c(-c2ccc(C)c(C)c2)ccc(N)c1=O. The predicted octanol–water partition coefficient (Wildman–Crippen LogP) is 2.36. The van der Waals surface area contributed by atoms with Gasteiger partial charge in [-0.15, -0.1) is 0 Å². The zero-order valence-electron chi connectivity index (χ0n) is 12.1. The number of benzene rings is 1. The molecule has 0 amide bonds. The second-order valence-electron chi connectivity index (χ2n) is 4.92. The first-order valence-electron chi connectivity index (χ1n) is 6.60. The Morgan fingerprint density at radius 3 is 2.55 bits per heavy atom. The van der Waals surface area contributed by atoms with Crippen molar-refractivity contribution in [2.24, 2.45) is 0 Å². The van der Waals surface area contributed by atoms with Crippen molar-refractivity contribution in [3.8, 4) is 11.3 Å². The second kappa shape index (κ2) is 5.92. The van der Waals surface area contributed by atoms with Crippen LogP contribution in [0, 0.1) is 13.8 Å². The maximum absolute atomic E-state index is 12.2. The lowest BCUT2D eigenvalue weighted by molar-refractivity contribution is 0.186. The number of pyridine rings is 1. The highest BCUT2D eigenvalue weighted by atomic mass is 16.5. The van der Waals surface area contributed by atoms with Gasteiger partial charge in [0.2, 0.25) is 0 Å². The number of aromatic nitrogens is 1. The quantitative estimate of drug-likeness (QED) is 0.929. The van der Waals surface area contributed by atoms with Crippen LogP contribution >= 0.6 is 0 Å². The van der Waals surface area contributed by atoms with Gasteiger partial charge < -0.3 is 15.0 Å². The Bertz CT molecular complexity index is 675.